The maximum absolute atomic E-state index is 13.6. The number of hydrogen-bond donors (Lipinski definition) is 1. The molecule has 0 saturated carbocycles. The number of thioether (sulfide) groups is 1. The Hall–Kier alpha value is -3.05. The van der Waals surface area contributed by atoms with Crippen LogP contribution in [0.3, 0.4) is 0 Å². The highest BCUT2D eigenvalue weighted by atomic mass is 35.5. The van der Waals surface area contributed by atoms with Gasteiger partial charge in [-0.3, -0.25) is 14.5 Å². The smallest absolute Gasteiger partial charge is 0.296 e. The Bertz CT molecular complexity index is 1440. The highest BCUT2D eigenvalue weighted by Gasteiger charge is 2.46. The van der Waals surface area contributed by atoms with Gasteiger partial charge < -0.3 is 5.11 Å². The Morgan fingerprint density at radius 2 is 1.89 bits per heavy atom. The molecule has 0 bridgehead atoms. The second kappa shape index (κ2) is 9.90. The van der Waals surface area contributed by atoms with Crippen molar-refractivity contribution in [3.05, 3.63) is 104 Å². The van der Waals surface area contributed by atoms with Crippen LogP contribution in [0.1, 0.15) is 26.8 Å². The summed E-state index contributed by atoms with van der Waals surface area (Å²) in [5.41, 5.74) is 1.31. The fraction of sp³-hybridized carbons (Fsp3) is 0.0833. The van der Waals surface area contributed by atoms with Gasteiger partial charge in [-0.25, -0.2) is 4.39 Å². The lowest BCUT2D eigenvalue weighted by molar-refractivity contribution is -0.117. The summed E-state index contributed by atoms with van der Waals surface area (Å²) in [5.74, 6) is -1.80. The molecular weight excluding hydrogens is 529 g/mol. The molecule has 0 saturated heterocycles. The Kier molecular flexibility index (Phi) is 6.70. The quantitative estimate of drug-likeness (QED) is 0.163. The van der Waals surface area contributed by atoms with Gasteiger partial charge in [0.05, 0.1) is 16.5 Å². The minimum Gasteiger partial charge on any atom is -0.503 e. The molecule has 176 valence electrons. The molecule has 1 atom stereocenters. The number of aromatic nitrogens is 2. The molecule has 0 spiro atoms. The van der Waals surface area contributed by atoms with Crippen molar-refractivity contribution in [2.24, 2.45) is 0 Å². The molecular formula is C24H15ClFN3O3S3. The number of hydrogen-bond acceptors (Lipinski definition) is 8. The number of halogens is 2. The predicted octanol–water partition coefficient (Wildman–Crippen LogP) is 6.47. The summed E-state index contributed by atoms with van der Waals surface area (Å²) < 4.78 is 14.2. The zero-order chi connectivity index (χ0) is 24.5. The monoisotopic (exact) mass is 543 g/mol. The van der Waals surface area contributed by atoms with Crippen LogP contribution in [0.2, 0.25) is 5.02 Å². The number of anilines is 1. The van der Waals surface area contributed by atoms with Crippen molar-refractivity contribution >= 4 is 62.9 Å². The molecule has 35 heavy (non-hydrogen) atoms. The van der Waals surface area contributed by atoms with Gasteiger partial charge in [0.1, 0.15) is 5.82 Å². The van der Waals surface area contributed by atoms with Gasteiger partial charge in [0, 0.05) is 10.8 Å². The van der Waals surface area contributed by atoms with Gasteiger partial charge >= 0.3 is 0 Å². The molecule has 2 aromatic heterocycles. The van der Waals surface area contributed by atoms with E-state index < -0.39 is 29.3 Å². The molecule has 11 heteroatoms. The summed E-state index contributed by atoms with van der Waals surface area (Å²) in [6.45, 7) is 0. The van der Waals surface area contributed by atoms with Gasteiger partial charge in [0.2, 0.25) is 10.9 Å². The summed E-state index contributed by atoms with van der Waals surface area (Å²) >= 11 is 10.00. The zero-order valence-corrected chi connectivity index (χ0v) is 20.9. The van der Waals surface area contributed by atoms with Gasteiger partial charge in [-0.1, -0.05) is 71.1 Å². The van der Waals surface area contributed by atoms with Crippen molar-refractivity contribution in [3.63, 3.8) is 0 Å². The van der Waals surface area contributed by atoms with E-state index in [0.717, 1.165) is 16.9 Å². The topological polar surface area (TPSA) is 83.4 Å². The average molecular weight is 544 g/mol. The SMILES string of the molecule is O=C(C1=C(O)C(=O)N(c2nnc(SCc3ccccc3Cl)s2)C1c1ccc(F)cc1)c1cccs1. The number of rotatable bonds is 7. The highest BCUT2D eigenvalue weighted by Crippen LogP contribution is 2.44. The van der Waals surface area contributed by atoms with E-state index in [2.05, 4.69) is 10.2 Å². The van der Waals surface area contributed by atoms with E-state index in [-0.39, 0.29) is 10.7 Å². The van der Waals surface area contributed by atoms with Crippen molar-refractivity contribution < 1.29 is 19.1 Å². The van der Waals surface area contributed by atoms with Gasteiger partial charge in [-0.15, -0.1) is 21.5 Å². The van der Waals surface area contributed by atoms with Gasteiger partial charge in [0.25, 0.3) is 5.91 Å². The summed E-state index contributed by atoms with van der Waals surface area (Å²) in [6, 6.07) is 15.3. The number of Topliss-reactive ketones (excluding diaryl/α,β-unsaturated/α-hetero) is 1. The molecule has 6 nitrogen and oxygen atoms in total. The minimum absolute atomic E-state index is 0.0791. The molecule has 1 amide bonds. The van der Waals surface area contributed by atoms with Crippen molar-refractivity contribution in [3.8, 4) is 0 Å². The van der Waals surface area contributed by atoms with Crippen LogP contribution in [0.25, 0.3) is 0 Å². The van der Waals surface area contributed by atoms with E-state index in [9.17, 15) is 19.1 Å². The first-order valence-electron chi connectivity index (χ1n) is 10.2. The van der Waals surface area contributed by atoms with Crippen LogP contribution in [-0.4, -0.2) is 27.0 Å². The maximum Gasteiger partial charge on any atom is 0.296 e. The van der Waals surface area contributed by atoms with Crippen LogP contribution in [-0.2, 0) is 10.5 Å². The molecule has 0 radical (unpaired) electrons. The van der Waals surface area contributed by atoms with E-state index >= 15 is 0 Å². The average Bonchev–Trinajstić information content (AvgIpc) is 3.60. The molecule has 1 unspecified atom stereocenters. The van der Waals surface area contributed by atoms with Crippen molar-refractivity contribution in [1.82, 2.24) is 10.2 Å². The van der Waals surface area contributed by atoms with Crippen molar-refractivity contribution in [2.45, 2.75) is 16.1 Å². The normalized spacial score (nSPS) is 15.8. The third-order valence-electron chi connectivity index (χ3n) is 5.29. The van der Waals surface area contributed by atoms with E-state index in [0.29, 0.717) is 25.6 Å². The number of aliphatic hydroxyl groups excluding tert-OH is 1. The van der Waals surface area contributed by atoms with Crippen molar-refractivity contribution in [1.29, 1.82) is 0 Å². The molecule has 0 fully saturated rings. The number of benzene rings is 2. The fourth-order valence-corrected chi connectivity index (χ4v) is 6.48. The zero-order valence-electron chi connectivity index (χ0n) is 17.7. The molecule has 4 aromatic rings. The van der Waals surface area contributed by atoms with Crippen LogP contribution < -0.4 is 4.90 Å². The maximum atomic E-state index is 13.6. The Balaban J connectivity index is 1.49. The fourth-order valence-electron chi connectivity index (χ4n) is 3.65. The Labute approximate surface area is 216 Å². The molecule has 3 heterocycles. The first kappa shape index (κ1) is 23.7. The van der Waals surface area contributed by atoms with Crippen LogP contribution in [0.4, 0.5) is 9.52 Å². The number of amides is 1. The standard InChI is InChI=1S/C24H15ClFN3O3S3/c25-16-5-2-1-4-14(16)12-34-24-28-27-23(35-24)29-19(13-7-9-15(26)10-8-13)18(21(31)22(29)32)20(30)17-6-3-11-33-17/h1-11,19,31H,12H2. The number of carbonyl (C=O) groups is 2. The first-order chi connectivity index (χ1) is 16.9. The third-order valence-corrected chi connectivity index (χ3v) is 8.64. The predicted molar refractivity (Wildman–Crippen MR) is 136 cm³/mol. The second-order valence-corrected chi connectivity index (χ2v) is 11.0. The van der Waals surface area contributed by atoms with Crippen LogP contribution in [0.5, 0.6) is 0 Å². The number of aliphatic hydroxyl groups is 1. The lowest BCUT2D eigenvalue weighted by Crippen LogP contribution is -2.31. The molecule has 5 rings (SSSR count). The van der Waals surface area contributed by atoms with E-state index in [4.69, 9.17) is 11.6 Å². The molecule has 0 aliphatic carbocycles. The number of ketones is 1. The lowest BCUT2D eigenvalue weighted by atomic mass is 9.95. The first-order valence-corrected chi connectivity index (χ1v) is 13.3. The molecule has 1 aliphatic heterocycles. The van der Waals surface area contributed by atoms with Crippen LogP contribution in [0.15, 0.2) is 81.7 Å². The second-order valence-electron chi connectivity index (χ2n) is 7.43. The Morgan fingerprint density at radius 1 is 1.11 bits per heavy atom. The number of nitrogens with zero attached hydrogens (tertiary/aromatic N) is 3. The van der Waals surface area contributed by atoms with E-state index in [1.165, 1.54) is 52.3 Å². The number of thiophene rings is 1. The highest BCUT2D eigenvalue weighted by molar-refractivity contribution is 8.00. The van der Waals surface area contributed by atoms with Crippen LogP contribution in [0, 0.1) is 5.82 Å². The largest absolute Gasteiger partial charge is 0.503 e. The lowest BCUT2D eigenvalue weighted by Gasteiger charge is -2.23. The van der Waals surface area contributed by atoms with Crippen LogP contribution >= 0.6 is 46.0 Å². The van der Waals surface area contributed by atoms with E-state index in [1.54, 1.807) is 23.6 Å². The van der Waals surface area contributed by atoms with Gasteiger partial charge in [-0.05, 0) is 40.8 Å². The molecule has 1 aliphatic rings. The van der Waals surface area contributed by atoms with Gasteiger partial charge in [0.15, 0.2) is 10.1 Å². The minimum atomic E-state index is -0.980. The van der Waals surface area contributed by atoms with Crippen molar-refractivity contribution in [2.75, 3.05) is 4.90 Å². The van der Waals surface area contributed by atoms with E-state index in [1.807, 2.05) is 18.2 Å². The summed E-state index contributed by atoms with van der Waals surface area (Å²) in [5, 5.41) is 21.7. The summed E-state index contributed by atoms with van der Waals surface area (Å²) in [7, 11) is 0. The number of carbonyl (C=O) groups excluding carboxylic acids is 2. The summed E-state index contributed by atoms with van der Waals surface area (Å²) in [6.07, 6.45) is 0. The Morgan fingerprint density at radius 3 is 2.60 bits per heavy atom. The summed E-state index contributed by atoms with van der Waals surface area (Å²) in [4.78, 5) is 28.1. The van der Waals surface area contributed by atoms with Gasteiger partial charge in [-0.2, -0.15) is 0 Å². The third kappa shape index (κ3) is 4.62. The molecule has 2 aromatic carbocycles. The molecule has 1 N–H and O–H groups in total.